The molecule has 5 nitrogen and oxygen atoms in total. The van der Waals surface area contributed by atoms with Gasteiger partial charge < -0.3 is 24.4 Å². The highest BCUT2D eigenvalue weighted by atomic mass is 16.5. The molecule has 0 radical (unpaired) electrons. The number of benzene rings is 3. The number of aromatic hydroxyl groups is 2. The van der Waals surface area contributed by atoms with Crippen molar-refractivity contribution in [3.05, 3.63) is 76.9 Å². The largest absolute Gasteiger partial charge is 0.507 e. The quantitative estimate of drug-likeness (QED) is 0.412. The van der Waals surface area contributed by atoms with Gasteiger partial charge in [-0.3, -0.25) is 0 Å². The fraction of sp³-hybridized carbons (Fsp3) is 0.400. The maximum Gasteiger partial charge on any atom is 0.200 e. The van der Waals surface area contributed by atoms with Gasteiger partial charge in [0.1, 0.15) is 11.5 Å². The number of hydrogen-bond acceptors (Lipinski definition) is 5. The van der Waals surface area contributed by atoms with E-state index in [0.717, 1.165) is 22.4 Å². The summed E-state index contributed by atoms with van der Waals surface area (Å²) in [7, 11) is 4.66. The van der Waals surface area contributed by atoms with Gasteiger partial charge in [-0.1, -0.05) is 71.9 Å². The molecule has 2 N–H and O–H groups in total. The van der Waals surface area contributed by atoms with Gasteiger partial charge in [0, 0.05) is 6.42 Å². The van der Waals surface area contributed by atoms with E-state index in [0.29, 0.717) is 23.7 Å². The molecule has 3 aromatic rings. The highest BCUT2D eigenvalue weighted by molar-refractivity contribution is 5.51. The Balaban J connectivity index is 0.000000328. The molecule has 3 aromatic carbocycles. The van der Waals surface area contributed by atoms with Crippen LogP contribution in [0.15, 0.2) is 54.6 Å². The third kappa shape index (κ3) is 7.32. The monoisotopic (exact) mass is 480 g/mol. The van der Waals surface area contributed by atoms with Crippen molar-refractivity contribution in [3.63, 3.8) is 0 Å². The Bertz CT molecular complexity index is 1080. The molecule has 0 aliphatic heterocycles. The number of phenolic OH excluding ortho intramolecular Hbond substituents is 2. The van der Waals surface area contributed by atoms with E-state index in [1.54, 1.807) is 25.3 Å². The average Bonchev–Trinajstić information content (AvgIpc) is 2.80. The van der Waals surface area contributed by atoms with Crippen molar-refractivity contribution in [1.82, 2.24) is 0 Å². The summed E-state index contributed by atoms with van der Waals surface area (Å²) in [5.41, 5.74) is 4.37. The third-order valence-corrected chi connectivity index (χ3v) is 5.82. The van der Waals surface area contributed by atoms with Crippen molar-refractivity contribution in [2.45, 2.75) is 58.8 Å². The van der Waals surface area contributed by atoms with Crippen LogP contribution in [0.1, 0.15) is 63.8 Å². The minimum Gasteiger partial charge on any atom is -0.507 e. The zero-order chi connectivity index (χ0) is 26.4. The average molecular weight is 481 g/mol. The molecule has 0 amide bonds. The molecule has 0 atom stereocenters. The molecule has 0 aliphatic rings. The molecule has 35 heavy (non-hydrogen) atoms. The number of phenols is 2. The first kappa shape index (κ1) is 27.9. The molecule has 3 rings (SSSR count). The number of para-hydroxylation sites is 1. The maximum atomic E-state index is 10.9. The summed E-state index contributed by atoms with van der Waals surface area (Å²) in [6.07, 6.45) is 0.711. The van der Waals surface area contributed by atoms with Gasteiger partial charge in [-0.05, 0) is 57.3 Å². The zero-order valence-electron chi connectivity index (χ0n) is 22.5. The van der Waals surface area contributed by atoms with Crippen molar-refractivity contribution in [2.24, 2.45) is 0 Å². The predicted octanol–water partition coefficient (Wildman–Crippen LogP) is 7.00. The van der Waals surface area contributed by atoms with Crippen LogP contribution in [0.4, 0.5) is 0 Å². The molecular weight excluding hydrogens is 440 g/mol. The van der Waals surface area contributed by atoms with Crippen molar-refractivity contribution in [3.8, 4) is 28.7 Å². The lowest BCUT2D eigenvalue weighted by Gasteiger charge is -2.27. The van der Waals surface area contributed by atoms with Gasteiger partial charge in [0.2, 0.25) is 5.75 Å². The Labute approximate surface area is 210 Å². The molecule has 5 heteroatoms. The second kappa shape index (κ2) is 11.4. The summed E-state index contributed by atoms with van der Waals surface area (Å²) in [6.45, 7) is 13.1. The first-order valence-electron chi connectivity index (χ1n) is 11.7. The molecule has 0 saturated carbocycles. The Hall–Kier alpha value is -3.34. The lowest BCUT2D eigenvalue weighted by molar-refractivity contribution is 0.340. The maximum absolute atomic E-state index is 10.9. The number of rotatable bonds is 5. The summed E-state index contributed by atoms with van der Waals surface area (Å²) in [5, 5.41) is 20.2. The van der Waals surface area contributed by atoms with Crippen molar-refractivity contribution in [2.75, 3.05) is 21.3 Å². The molecule has 0 fully saturated rings. The van der Waals surface area contributed by atoms with Crippen LogP contribution in [0.2, 0.25) is 0 Å². The minimum absolute atomic E-state index is 0.0394. The molecule has 0 spiro atoms. The first-order valence-corrected chi connectivity index (χ1v) is 11.7. The second-order valence-electron chi connectivity index (χ2n) is 10.6. The second-order valence-corrected chi connectivity index (χ2v) is 10.6. The summed E-state index contributed by atoms with van der Waals surface area (Å²) >= 11 is 0. The van der Waals surface area contributed by atoms with E-state index < -0.39 is 0 Å². The molecule has 190 valence electrons. The number of hydrogen-bond donors (Lipinski definition) is 2. The normalized spacial score (nSPS) is 11.3. The first-order chi connectivity index (χ1) is 16.3. The van der Waals surface area contributed by atoms with E-state index in [2.05, 4.69) is 65.8 Å². The molecule has 0 bridgehead atoms. The summed E-state index contributed by atoms with van der Waals surface area (Å²) in [4.78, 5) is 0. The molecule has 0 aliphatic carbocycles. The van der Waals surface area contributed by atoms with Gasteiger partial charge in [-0.2, -0.15) is 0 Å². The van der Waals surface area contributed by atoms with Crippen molar-refractivity contribution < 1.29 is 24.4 Å². The Kier molecular flexibility index (Phi) is 9.08. The molecule has 0 aromatic heterocycles. The van der Waals surface area contributed by atoms with E-state index in [1.807, 2.05) is 12.1 Å². The Morgan fingerprint density at radius 3 is 1.63 bits per heavy atom. The number of ether oxygens (including phenoxy) is 3. The van der Waals surface area contributed by atoms with Crippen LogP contribution in [0.3, 0.4) is 0 Å². The van der Waals surface area contributed by atoms with E-state index in [1.165, 1.54) is 19.8 Å². The smallest absolute Gasteiger partial charge is 0.200 e. The lowest BCUT2D eigenvalue weighted by atomic mass is 9.78. The highest BCUT2D eigenvalue weighted by Gasteiger charge is 2.24. The van der Waals surface area contributed by atoms with Crippen LogP contribution in [-0.4, -0.2) is 31.5 Å². The Morgan fingerprint density at radius 1 is 0.657 bits per heavy atom. The van der Waals surface area contributed by atoms with Gasteiger partial charge in [-0.25, -0.2) is 0 Å². The topological polar surface area (TPSA) is 68.2 Å². The SMILES string of the molecule is COc1ccc(Cc2cc(C(C)(C)C)cc(C(C)(C)C)c2O)cc1.COc1cccc(OC)c1O. The lowest BCUT2D eigenvalue weighted by Crippen LogP contribution is -2.17. The minimum atomic E-state index is -0.0972. The van der Waals surface area contributed by atoms with Gasteiger partial charge in [0.25, 0.3) is 0 Å². The fourth-order valence-corrected chi connectivity index (χ4v) is 3.63. The molecule has 0 saturated heterocycles. The predicted molar refractivity (Wildman–Crippen MR) is 143 cm³/mol. The third-order valence-electron chi connectivity index (χ3n) is 5.82. The summed E-state index contributed by atoms with van der Waals surface area (Å²) in [6, 6.07) is 17.4. The Morgan fingerprint density at radius 2 is 1.20 bits per heavy atom. The van der Waals surface area contributed by atoms with Crippen molar-refractivity contribution in [1.29, 1.82) is 0 Å². The number of methoxy groups -OCH3 is 3. The van der Waals surface area contributed by atoms with Crippen LogP contribution < -0.4 is 14.2 Å². The standard InChI is InChI=1S/C22H30O2.C8H10O3/c1-21(2,3)17-13-16(20(23)19(14-17)22(4,5)6)12-15-8-10-18(24-7)11-9-15;1-10-6-4-3-5-7(11-2)8(6)9/h8-11,13-14,23H,12H2,1-7H3;3-5,9H,1-2H3. The van der Waals surface area contributed by atoms with Crippen LogP contribution in [-0.2, 0) is 17.3 Å². The molecular formula is C30H40O5. The van der Waals surface area contributed by atoms with Crippen LogP contribution in [0, 0.1) is 0 Å². The van der Waals surface area contributed by atoms with Crippen molar-refractivity contribution >= 4 is 0 Å². The van der Waals surface area contributed by atoms with E-state index in [9.17, 15) is 10.2 Å². The summed E-state index contributed by atoms with van der Waals surface area (Å²) in [5.74, 6) is 2.15. The van der Waals surface area contributed by atoms with Gasteiger partial charge >= 0.3 is 0 Å². The van der Waals surface area contributed by atoms with Gasteiger partial charge in [-0.15, -0.1) is 0 Å². The van der Waals surface area contributed by atoms with E-state index >= 15 is 0 Å². The van der Waals surface area contributed by atoms with Crippen LogP contribution in [0.25, 0.3) is 0 Å². The molecule has 0 unspecified atom stereocenters. The van der Waals surface area contributed by atoms with Crippen LogP contribution in [0.5, 0.6) is 28.7 Å². The molecule has 0 heterocycles. The van der Waals surface area contributed by atoms with Gasteiger partial charge in [0.15, 0.2) is 11.5 Å². The summed E-state index contributed by atoms with van der Waals surface area (Å²) < 4.78 is 14.9. The highest BCUT2D eigenvalue weighted by Crippen LogP contribution is 2.38. The van der Waals surface area contributed by atoms with Gasteiger partial charge in [0.05, 0.1) is 21.3 Å². The zero-order valence-corrected chi connectivity index (χ0v) is 22.5. The van der Waals surface area contributed by atoms with E-state index in [4.69, 9.17) is 14.2 Å². The van der Waals surface area contributed by atoms with E-state index in [-0.39, 0.29) is 16.6 Å². The van der Waals surface area contributed by atoms with Crippen LogP contribution >= 0.6 is 0 Å². The fourth-order valence-electron chi connectivity index (χ4n) is 3.63.